The van der Waals surface area contributed by atoms with Gasteiger partial charge in [-0.25, -0.2) is 9.40 Å². The van der Waals surface area contributed by atoms with Crippen molar-refractivity contribution in [2.75, 3.05) is 13.1 Å². The van der Waals surface area contributed by atoms with Gasteiger partial charge in [0.05, 0.1) is 18.4 Å². The van der Waals surface area contributed by atoms with Crippen molar-refractivity contribution in [3.63, 3.8) is 0 Å². The SMILES string of the molecule is O=S([O-])NCc1cccc(C2CCN(Cc3cn(Cc4ccccc4)nn3)CC2)c1. The number of benzene rings is 2. The van der Waals surface area contributed by atoms with Crippen molar-refractivity contribution in [1.82, 2.24) is 24.6 Å². The summed E-state index contributed by atoms with van der Waals surface area (Å²) >= 11 is -2.23. The minimum Gasteiger partial charge on any atom is -0.760 e. The van der Waals surface area contributed by atoms with Crippen molar-refractivity contribution < 1.29 is 8.76 Å². The predicted octanol–water partition coefficient (Wildman–Crippen LogP) is 2.59. The largest absolute Gasteiger partial charge is 0.760 e. The minimum atomic E-state index is -2.23. The molecule has 7 nitrogen and oxygen atoms in total. The number of rotatable bonds is 8. The molecule has 3 aromatic rings. The van der Waals surface area contributed by atoms with E-state index in [1.165, 1.54) is 11.1 Å². The van der Waals surface area contributed by atoms with Gasteiger partial charge in [-0.3, -0.25) is 9.11 Å². The van der Waals surface area contributed by atoms with E-state index >= 15 is 0 Å². The average Bonchev–Trinajstić information content (AvgIpc) is 3.20. The fraction of sp³-hybridized carbons (Fsp3) is 0.364. The first kappa shape index (κ1) is 20.9. The van der Waals surface area contributed by atoms with E-state index in [4.69, 9.17) is 0 Å². The molecule has 30 heavy (non-hydrogen) atoms. The van der Waals surface area contributed by atoms with Gasteiger partial charge in [0, 0.05) is 24.4 Å². The third-order valence-corrected chi connectivity index (χ3v) is 5.94. The van der Waals surface area contributed by atoms with Crippen molar-refractivity contribution in [3.8, 4) is 0 Å². The van der Waals surface area contributed by atoms with E-state index in [2.05, 4.69) is 44.2 Å². The molecule has 0 bridgehead atoms. The maximum Gasteiger partial charge on any atom is 0.0967 e. The summed E-state index contributed by atoms with van der Waals surface area (Å²) < 4.78 is 25.8. The lowest BCUT2D eigenvalue weighted by molar-refractivity contribution is 0.202. The maximum absolute atomic E-state index is 10.7. The normalized spacial score (nSPS) is 16.6. The van der Waals surface area contributed by atoms with Crippen LogP contribution in [0.3, 0.4) is 0 Å². The molecule has 1 saturated heterocycles. The Bertz CT molecular complexity index is 970. The van der Waals surface area contributed by atoms with Gasteiger partial charge < -0.3 is 4.55 Å². The molecule has 1 fully saturated rings. The van der Waals surface area contributed by atoms with Crippen LogP contribution in [0, 0.1) is 0 Å². The minimum absolute atomic E-state index is 0.335. The quantitative estimate of drug-likeness (QED) is 0.562. The summed E-state index contributed by atoms with van der Waals surface area (Å²) in [6.07, 6.45) is 4.21. The van der Waals surface area contributed by atoms with Crippen LogP contribution in [0.4, 0.5) is 0 Å². The van der Waals surface area contributed by atoms with Crippen molar-refractivity contribution >= 4 is 11.3 Å². The molecule has 1 atom stereocenters. The Morgan fingerprint density at radius 1 is 1.03 bits per heavy atom. The van der Waals surface area contributed by atoms with E-state index in [-0.39, 0.29) is 0 Å². The molecular formula is C22H26N5O2S-. The summed E-state index contributed by atoms with van der Waals surface area (Å²) in [7, 11) is 0. The highest BCUT2D eigenvalue weighted by atomic mass is 32.2. The van der Waals surface area contributed by atoms with Gasteiger partial charge >= 0.3 is 0 Å². The first-order chi connectivity index (χ1) is 14.7. The van der Waals surface area contributed by atoms with E-state index in [0.29, 0.717) is 12.5 Å². The molecular weight excluding hydrogens is 398 g/mol. The molecule has 8 heteroatoms. The zero-order valence-corrected chi connectivity index (χ0v) is 17.6. The highest BCUT2D eigenvalue weighted by molar-refractivity contribution is 7.77. The van der Waals surface area contributed by atoms with E-state index in [1.807, 2.05) is 41.2 Å². The zero-order valence-electron chi connectivity index (χ0n) is 16.8. The lowest BCUT2D eigenvalue weighted by Crippen LogP contribution is -2.32. The van der Waals surface area contributed by atoms with Gasteiger partial charge in [-0.2, -0.15) is 0 Å². The second-order valence-electron chi connectivity index (χ2n) is 7.74. The molecule has 0 radical (unpaired) electrons. The van der Waals surface area contributed by atoms with Gasteiger partial charge in [0.25, 0.3) is 0 Å². The zero-order chi connectivity index (χ0) is 20.8. The fourth-order valence-corrected chi connectivity index (χ4v) is 4.30. The highest BCUT2D eigenvalue weighted by Gasteiger charge is 2.21. The summed E-state index contributed by atoms with van der Waals surface area (Å²) in [5.41, 5.74) is 4.50. The Labute approximate surface area is 179 Å². The second kappa shape index (κ2) is 10.1. The molecule has 0 saturated carbocycles. The fourth-order valence-electron chi connectivity index (χ4n) is 4.01. The van der Waals surface area contributed by atoms with Crippen LogP contribution in [-0.4, -0.2) is 41.7 Å². The lowest BCUT2D eigenvalue weighted by Gasteiger charge is -2.31. The Morgan fingerprint density at radius 2 is 1.80 bits per heavy atom. The van der Waals surface area contributed by atoms with E-state index in [1.54, 1.807) is 0 Å². The van der Waals surface area contributed by atoms with Gasteiger partial charge in [-0.1, -0.05) is 59.8 Å². The molecule has 1 aliphatic rings. The van der Waals surface area contributed by atoms with Crippen LogP contribution in [-0.2, 0) is 30.9 Å². The smallest absolute Gasteiger partial charge is 0.0967 e. The second-order valence-corrected chi connectivity index (χ2v) is 8.50. The van der Waals surface area contributed by atoms with E-state index in [0.717, 1.165) is 50.3 Å². The third kappa shape index (κ3) is 5.82. The number of nitrogens with one attached hydrogen (secondary N) is 1. The van der Waals surface area contributed by atoms with E-state index < -0.39 is 11.3 Å². The van der Waals surface area contributed by atoms with Crippen molar-refractivity contribution in [1.29, 1.82) is 0 Å². The monoisotopic (exact) mass is 424 g/mol. The predicted molar refractivity (Wildman–Crippen MR) is 115 cm³/mol. The molecule has 0 aliphatic carbocycles. The third-order valence-electron chi connectivity index (χ3n) is 5.56. The topological polar surface area (TPSA) is 86.1 Å². The number of likely N-dealkylation sites (tertiary alicyclic amines) is 1. The number of piperidine rings is 1. The Balaban J connectivity index is 1.28. The summed E-state index contributed by atoms with van der Waals surface area (Å²) in [6, 6.07) is 18.5. The van der Waals surface area contributed by atoms with Gasteiger partial charge in [0.2, 0.25) is 0 Å². The van der Waals surface area contributed by atoms with Crippen LogP contribution < -0.4 is 4.72 Å². The number of hydrogen-bond donors (Lipinski definition) is 1. The Kier molecular flexibility index (Phi) is 7.01. The average molecular weight is 425 g/mol. The maximum atomic E-state index is 10.7. The summed E-state index contributed by atoms with van der Waals surface area (Å²) in [6.45, 7) is 3.93. The molecule has 2 aromatic carbocycles. The van der Waals surface area contributed by atoms with Crippen molar-refractivity contribution in [3.05, 3.63) is 83.2 Å². The van der Waals surface area contributed by atoms with Crippen LogP contribution in [0.1, 0.15) is 41.1 Å². The van der Waals surface area contributed by atoms with Gasteiger partial charge in [0.15, 0.2) is 0 Å². The number of aromatic nitrogens is 3. The molecule has 1 aliphatic heterocycles. The van der Waals surface area contributed by atoms with E-state index in [9.17, 15) is 8.76 Å². The number of hydrogen-bond acceptors (Lipinski definition) is 5. The van der Waals surface area contributed by atoms with Crippen molar-refractivity contribution in [2.24, 2.45) is 0 Å². The standard InChI is InChI=1S/C22H27N5O2S/c28-30(29)23-14-19-7-4-8-21(13-19)20-9-11-26(12-10-20)16-22-17-27(25-24-22)15-18-5-2-1-3-6-18/h1-8,13,17,20,23H,9-12,14-16H2,(H,28,29)/p-1. The summed E-state index contributed by atoms with van der Waals surface area (Å²) in [4.78, 5) is 2.43. The first-order valence-corrected chi connectivity index (χ1v) is 11.3. The van der Waals surface area contributed by atoms with Crippen LogP contribution in [0.15, 0.2) is 60.8 Å². The lowest BCUT2D eigenvalue weighted by atomic mass is 9.88. The van der Waals surface area contributed by atoms with Gasteiger partial charge in [-0.15, -0.1) is 5.10 Å². The molecule has 1 aromatic heterocycles. The molecule has 1 N–H and O–H groups in total. The van der Waals surface area contributed by atoms with Crippen molar-refractivity contribution in [2.45, 2.75) is 38.4 Å². The first-order valence-electron chi connectivity index (χ1n) is 10.2. The van der Waals surface area contributed by atoms with Crippen LogP contribution >= 0.6 is 0 Å². The van der Waals surface area contributed by atoms with Gasteiger partial charge in [-0.05, 0) is 48.5 Å². The molecule has 158 valence electrons. The Morgan fingerprint density at radius 3 is 2.57 bits per heavy atom. The van der Waals surface area contributed by atoms with Crippen LogP contribution in [0.2, 0.25) is 0 Å². The van der Waals surface area contributed by atoms with Crippen LogP contribution in [0.5, 0.6) is 0 Å². The molecule has 4 rings (SSSR count). The highest BCUT2D eigenvalue weighted by Crippen LogP contribution is 2.29. The van der Waals surface area contributed by atoms with Crippen LogP contribution in [0.25, 0.3) is 0 Å². The molecule has 0 spiro atoms. The molecule has 2 heterocycles. The molecule has 0 amide bonds. The number of nitrogens with zero attached hydrogens (tertiary/aromatic N) is 4. The van der Waals surface area contributed by atoms with Gasteiger partial charge in [0.1, 0.15) is 0 Å². The summed E-state index contributed by atoms with van der Waals surface area (Å²) in [5.74, 6) is 0.507. The summed E-state index contributed by atoms with van der Waals surface area (Å²) in [5, 5.41) is 8.61. The Hall–Kier alpha value is -2.39. The molecule has 1 unspecified atom stereocenters.